The Morgan fingerprint density at radius 3 is 2.33 bits per heavy atom. The van der Waals surface area contributed by atoms with Crippen molar-refractivity contribution < 1.29 is 27.5 Å². The van der Waals surface area contributed by atoms with Crippen LogP contribution >= 0.6 is 0 Å². The Balaban J connectivity index is 1.39. The highest BCUT2D eigenvalue weighted by Crippen LogP contribution is 2.36. The number of benzene rings is 1. The molecule has 1 atom stereocenters. The standard InChI is InChI=1S/C27H38F3N3O3/c1-2-3-15-33-24(34)23(18-20-7-5-4-6-8-20)31-25(35)26(33)13-16-32(17-14-26)19-21-9-11-22(12-10-21)36-27(28,29)30/h9-12,20,23H,2-8,13-19H2,1H3,(H,31,35). The van der Waals surface area contributed by atoms with E-state index in [1.807, 2.05) is 4.90 Å². The van der Waals surface area contributed by atoms with Gasteiger partial charge in [-0.25, -0.2) is 0 Å². The zero-order valence-electron chi connectivity index (χ0n) is 21.1. The fourth-order valence-corrected chi connectivity index (χ4v) is 6.07. The van der Waals surface area contributed by atoms with E-state index in [0.29, 0.717) is 44.9 Å². The summed E-state index contributed by atoms with van der Waals surface area (Å²) >= 11 is 0. The van der Waals surface area contributed by atoms with Gasteiger partial charge in [0.1, 0.15) is 17.3 Å². The molecule has 3 aliphatic rings. The van der Waals surface area contributed by atoms with E-state index < -0.39 is 17.9 Å². The molecule has 1 unspecified atom stereocenters. The smallest absolute Gasteiger partial charge is 0.406 e. The van der Waals surface area contributed by atoms with E-state index >= 15 is 0 Å². The Labute approximate surface area is 211 Å². The van der Waals surface area contributed by atoms with E-state index in [1.165, 1.54) is 31.4 Å². The van der Waals surface area contributed by atoms with Gasteiger partial charge in [0.05, 0.1) is 0 Å². The van der Waals surface area contributed by atoms with Crippen molar-refractivity contribution in [1.82, 2.24) is 15.1 Å². The number of hydrogen-bond acceptors (Lipinski definition) is 4. The van der Waals surface area contributed by atoms with Crippen LogP contribution in [-0.4, -0.2) is 59.2 Å². The fourth-order valence-electron chi connectivity index (χ4n) is 6.07. The normalized spacial score (nSPS) is 23.7. The number of carbonyl (C=O) groups is 2. The van der Waals surface area contributed by atoms with Crippen molar-refractivity contribution in [2.45, 2.75) is 95.6 Å². The minimum absolute atomic E-state index is 0.0210. The van der Waals surface area contributed by atoms with Crippen molar-refractivity contribution in [2.75, 3.05) is 19.6 Å². The van der Waals surface area contributed by atoms with Gasteiger partial charge in [0.15, 0.2) is 0 Å². The van der Waals surface area contributed by atoms with Crippen LogP contribution < -0.4 is 10.1 Å². The van der Waals surface area contributed by atoms with E-state index in [9.17, 15) is 22.8 Å². The summed E-state index contributed by atoms with van der Waals surface area (Å²) in [5, 5.41) is 3.12. The summed E-state index contributed by atoms with van der Waals surface area (Å²) in [6, 6.07) is 5.48. The van der Waals surface area contributed by atoms with E-state index in [4.69, 9.17) is 0 Å². The number of hydrogen-bond donors (Lipinski definition) is 1. The zero-order chi connectivity index (χ0) is 25.8. The Bertz CT molecular complexity index is 892. The summed E-state index contributed by atoms with van der Waals surface area (Å²) in [4.78, 5) is 31.2. The molecule has 2 aliphatic heterocycles. The first kappa shape index (κ1) is 26.8. The second-order valence-corrected chi connectivity index (χ2v) is 10.6. The largest absolute Gasteiger partial charge is 0.573 e. The lowest BCUT2D eigenvalue weighted by Gasteiger charge is -2.52. The Kier molecular flexibility index (Phi) is 8.48. The van der Waals surface area contributed by atoms with Crippen LogP contribution in [0.3, 0.4) is 0 Å². The van der Waals surface area contributed by atoms with Gasteiger partial charge in [-0.2, -0.15) is 0 Å². The average Bonchev–Trinajstić information content (AvgIpc) is 2.85. The number of piperazine rings is 1. The Morgan fingerprint density at radius 1 is 1.06 bits per heavy atom. The van der Waals surface area contributed by atoms with Crippen LogP contribution in [0, 0.1) is 5.92 Å². The number of halogens is 3. The molecule has 200 valence electrons. The molecule has 0 radical (unpaired) electrons. The zero-order valence-corrected chi connectivity index (χ0v) is 21.1. The summed E-state index contributed by atoms with van der Waals surface area (Å²) in [5.41, 5.74) is 0.0657. The van der Waals surface area contributed by atoms with Crippen molar-refractivity contribution >= 4 is 11.8 Å². The van der Waals surface area contributed by atoms with Crippen LogP contribution in [0.15, 0.2) is 24.3 Å². The molecule has 2 amide bonds. The predicted octanol–water partition coefficient (Wildman–Crippen LogP) is 5.02. The molecule has 1 saturated carbocycles. The van der Waals surface area contributed by atoms with Gasteiger partial charge < -0.3 is 15.0 Å². The summed E-state index contributed by atoms with van der Waals surface area (Å²) < 4.78 is 41.2. The van der Waals surface area contributed by atoms with Crippen LogP contribution in [-0.2, 0) is 16.1 Å². The molecule has 3 fully saturated rings. The van der Waals surface area contributed by atoms with Crippen molar-refractivity contribution in [1.29, 1.82) is 0 Å². The predicted molar refractivity (Wildman–Crippen MR) is 130 cm³/mol. The summed E-state index contributed by atoms with van der Waals surface area (Å²) in [7, 11) is 0. The topological polar surface area (TPSA) is 61.9 Å². The molecule has 1 N–H and O–H groups in total. The average molecular weight is 510 g/mol. The van der Waals surface area contributed by atoms with Gasteiger partial charge in [-0.1, -0.05) is 57.6 Å². The van der Waals surface area contributed by atoms with Crippen molar-refractivity contribution in [3.63, 3.8) is 0 Å². The van der Waals surface area contributed by atoms with E-state index in [1.54, 1.807) is 12.1 Å². The second kappa shape index (κ2) is 11.4. The number of piperidine rings is 1. The SMILES string of the molecule is CCCCN1C(=O)C(CC2CCCCC2)NC(=O)C12CCN(Cc1ccc(OC(F)(F)F)cc1)CC2. The molecule has 0 aromatic heterocycles. The molecular formula is C27H38F3N3O3. The summed E-state index contributed by atoms with van der Waals surface area (Å²) in [6.45, 7) is 4.53. The molecule has 9 heteroatoms. The third-order valence-electron chi connectivity index (χ3n) is 8.08. The van der Waals surface area contributed by atoms with Gasteiger partial charge >= 0.3 is 6.36 Å². The quantitative estimate of drug-likeness (QED) is 0.535. The van der Waals surface area contributed by atoms with Crippen LogP contribution in [0.5, 0.6) is 5.75 Å². The molecule has 1 spiro atoms. The minimum atomic E-state index is -4.71. The van der Waals surface area contributed by atoms with Crippen molar-refractivity contribution in [3.05, 3.63) is 29.8 Å². The maximum atomic E-state index is 13.6. The van der Waals surface area contributed by atoms with Gasteiger partial charge in [-0.3, -0.25) is 14.5 Å². The van der Waals surface area contributed by atoms with E-state index in [0.717, 1.165) is 37.7 Å². The molecular weight excluding hydrogens is 471 g/mol. The van der Waals surface area contributed by atoms with Crippen LogP contribution in [0.4, 0.5) is 13.2 Å². The first-order chi connectivity index (χ1) is 17.2. The number of rotatable bonds is 8. The lowest BCUT2D eigenvalue weighted by molar-refractivity contribution is -0.274. The second-order valence-electron chi connectivity index (χ2n) is 10.6. The number of nitrogens with zero attached hydrogens (tertiary/aromatic N) is 2. The van der Waals surface area contributed by atoms with Crippen molar-refractivity contribution in [2.24, 2.45) is 5.92 Å². The lowest BCUT2D eigenvalue weighted by atomic mass is 9.79. The monoisotopic (exact) mass is 509 g/mol. The molecule has 1 aromatic carbocycles. The number of unbranched alkanes of at least 4 members (excludes halogenated alkanes) is 1. The van der Waals surface area contributed by atoms with Gasteiger partial charge in [0.25, 0.3) is 0 Å². The van der Waals surface area contributed by atoms with Crippen LogP contribution in [0.25, 0.3) is 0 Å². The maximum Gasteiger partial charge on any atom is 0.573 e. The number of likely N-dealkylation sites (tertiary alicyclic amines) is 1. The number of amides is 2. The summed E-state index contributed by atoms with van der Waals surface area (Å²) in [6.07, 6.45) is 4.91. The minimum Gasteiger partial charge on any atom is -0.406 e. The highest BCUT2D eigenvalue weighted by Gasteiger charge is 2.53. The molecule has 6 nitrogen and oxygen atoms in total. The molecule has 2 heterocycles. The molecule has 2 saturated heterocycles. The molecule has 36 heavy (non-hydrogen) atoms. The molecule has 1 aromatic rings. The van der Waals surface area contributed by atoms with Crippen molar-refractivity contribution in [3.8, 4) is 5.75 Å². The van der Waals surface area contributed by atoms with E-state index in [2.05, 4.69) is 21.9 Å². The van der Waals surface area contributed by atoms with Gasteiger partial charge in [0.2, 0.25) is 11.8 Å². The highest BCUT2D eigenvalue weighted by molar-refractivity contribution is 6.00. The third kappa shape index (κ3) is 6.33. The summed E-state index contributed by atoms with van der Waals surface area (Å²) in [5.74, 6) is 0.315. The van der Waals surface area contributed by atoms with Gasteiger partial charge in [-0.15, -0.1) is 13.2 Å². The van der Waals surface area contributed by atoms with Crippen LogP contribution in [0.1, 0.15) is 76.7 Å². The Hall–Kier alpha value is -2.29. The van der Waals surface area contributed by atoms with Gasteiger partial charge in [-0.05, 0) is 49.3 Å². The Morgan fingerprint density at radius 2 is 1.72 bits per heavy atom. The fraction of sp³-hybridized carbons (Fsp3) is 0.704. The number of nitrogens with one attached hydrogen (secondary N) is 1. The molecule has 1 aliphatic carbocycles. The number of ether oxygens (including phenoxy) is 1. The third-order valence-corrected chi connectivity index (χ3v) is 8.08. The van der Waals surface area contributed by atoms with Crippen LogP contribution in [0.2, 0.25) is 0 Å². The highest BCUT2D eigenvalue weighted by atomic mass is 19.4. The molecule has 4 rings (SSSR count). The first-order valence-electron chi connectivity index (χ1n) is 13.4. The number of alkyl halides is 3. The lowest BCUT2D eigenvalue weighted by Crippen LogP contribution is -2.73. The first-order valence-corrected chi connectivity index (χ1v) is 13.4. The molecule has 0 bridgehead atoms. The van der Waals surface area contributed by atoms with E-state index in [-0.39, 0.29) is 17.6 Å². The maximum absolute atomic E-state index is 13.6. The van der Waals surface area contributed by atoms with Gasteiger partial charge in [0, 0.05) is 26.2 Å². The number of carbonyl (C=O) groups excluding carboxylic acids is 2.